The maximum Gasteiger partial charge on any atom is 0.273 e. The number of carbonyl (C=O) groups excluding carboxylic acids is 3. The van der Waals surface area contributed by atoms with Gasteiger partial charge in [0.1, 0.15) is 0 Å². The highest BCUT2D eigenvalue weighted by Crippen LogP contribution is 2.40. The third kappa shape index (κ3) is 4.24. The van der Waals surface area contributed by atoms with Gasteiger partial charge in [0.2, 0.25) is 0 Å². The Morgan fingerprint density at radius 2 is 1.91 bits per heavy atom. The fourth-order valence-corrected chi connectivity index (χ4v) is 4.64. The Morgan fingerprint density at radius 1 is 1.15 bits per heavy atom. The third-order valence-electron chi connectivity index (χ3n) is 5.95. The lowest BCUT2D eigenvalue weighted by molar-refractivity contribution is -0.384. The Kier molecular flexibility index (Phi) is 6.23. The van der Waals surface area contributed by atoms with E-state index in [9.17, 15) is 24.5 Å². The maximum atomic E-state index is 13.5. The number of carbonyl (C=O) groups is 3. The Morgan fingerprint density at radius 3 is 2.58 bits per heavy atom. The first-order valence-corrected chi connectivity index (χ1v) is 11.0. The molecule has 4 rings (SSSR count). The molecule has 0 saturated carbocycles. The van der Waals surface area contributed by atoms with Gasteiger partial charge in [0.25, 0.3) is 23.4 Å². The van der Waals surface area contributed by atoms with Crippen LogP contribution < -0.4 is 0 Å². The highest BCUT2D eigenvalue weighted by atomic mass is 35.5. The zero-order chi connectivity index (χ0) is 23.9. The summed E-state index contributed by atoms with van der Waals surface area (Å²) in [6, 6.07) is 9.88. The van der Waals surface area contributed by atoms with E-state index in [1.54, 1.807) is 18.2 Å². The summed E-state index contributed by atoms with van der Waals surface area (Å²) in [5.41, 5.74) is 0.233. The van der Waals surface area contributed by atoms with Gasteiger partial charge in [-0.1, -0.05) is 54.4 Å². The van der Waals surface area contributed by atoms with Gasteiger partial charge in [-0.25, -0.2) is 5.01 Å². The van der Waals surface area contributed by atoms with Crippen LogP contribution in [-0.2, 0) is 16.1 Å². The monoisotopic (exact) mass is 487 g/mol. The fourth-order valence-electron chi connectivity index (χ4n) is 4.31. The van der Waals surface area contributed by atoms with Crippen LogP contribution in [0.2, 0.25) is 10.0 Å². The number of imide groups is 1. The van der Waals surface area contributed by atoms with Gasteiger partial charge in [-0.05, 0) is 36.1 Å². The summed E-state index contributed by atoms with van der Waals surface area (Å²) >= 11 is 12.1. The van der Waals surface area contributed by atoms with Gasteiger partial charge in [-0.3, -0.25) is 24.5 Å². The molecule has 0 aromatic heterocycles. The van der Waals surface area contributed by atoms with Crippen LogP contribution in [0.25, 0.3) is 0 Å². The molecule has 1 saturated heterocycles. The Bertz CT molecular complexity index is 1200. The molecule has 0 unspecified atom stereocenters. The molecule has 2 aromatic rings. The molecule has 0 N–H and O–H groups in total. The predicted molar refractivity (Wildman–Crippen MR) is 121 cm³/mol. The molecule has 2 aromatic carbocycles. The zero-order valence-corrected chi connectivity index (χ0v) is 19.0. The minimum atomic E-state index is -0.717. The molecular weight excluding hydrogens is 469 g/mol. The Balaban J connectivity index is 1.76. The van der Waals surface area contributed by atoms with Crippen LogP contribution >= 0.6 is 23.2 Å². The number of rotatable bonds is 5. The molecule has 170 valence electrons. The van der Waals surface area contributed by atoms with Crippen molar-refractivity contribution in [1.82, 2.24) is 10.0 Å². The molecule has 3 amide bonds. The minimum Gasteiger partial charge on any atom is -0.272 e. The molecule has 1 fully saturated rings. The van der Waals surface area contributed by atoms with Gasteiger partial charge >= 0.3 is 0 Å². The van der Waals surface area contributed by atoms with Gasteiger partial charge in [0.05, 0.1) is 33.3 Å². The van der Waals surface area contributed by atoms with Gasteiger partial charge in [-0.15, -0.1) is 0 Å². The van der Waals surface area contributed by atoms with Crippen LogP contribution in [0.3, 0.4) is 0 Å². The second kappa shape index (κ2) is 8.96. The third-order valence-corrected chi connectivity index (χ3v) is 6.68. The number of nitro benzene ring substituents is 1. The second-order valence-electron chi connectivity index (χ2n) is 8.06. The molecule has 0 radical (unpaired) electrons. The number of benzene rings is 2. The van der Waals surface area contributed by atoms with Crippen LogP contribution in [0, 0.1) is 27.9 Å². The van der Waals surface area contributed by atoms with Gasteiger partial charge < -0.3 is 0 Å². The number of amides is 3. The number of nitro groups is 1. The molecule has 3 atom stereocenters. The van der Waals surface area contributed by atoms with E-state index in [1.165, 1.54) is 18.2 Å². The molecule has 10 heteroatoms. The summed E-state index contributed by atoms with van der Waals surface area (Å²) in [5, 5.41) is 13.7. The molecule has 1 aliphatic carbocycles. The van der Waals surface area contributed by atoms with Gasteiger partial charge in [0, 0.05) is 17.7 Å². The molecule has 1 heterocycles. The average Bonchev–Trinajstić information content (AvgIpc) is 3.05. The number of fused-ring (bicyclic) bond motifs is 1. The van der Waals surface area contributed by atoms with Crippen molar-refractivity contribution in [3.8, 4) is 0 Å². The van der Waals surface area contributed by atoms with E-state index in [2.05, 4.69) is 0 Å². The number of nitrogens with zero attached hydrogens (tertiary/aromatic N) is 3. The van der Waals surface area contributed by atoms with Crippen molar-refractivity contribution in [3.63, 3.8) is 0 Å². The molecule has 0 bridgehead atoms. The van der Waals surface area contributed by atoms with E-state index < -0.39 is 34.5 Å². The maximum absolute atomic E-state index is 13.5. The standard InChI is InChI=1S/C23H19Cl2N3O5/c1-13-4-2-7-17-20(13)23(31)27(22(17)30)26(12-14-8-9-18(24)19(25)10-14)21(29)15-5-3-6-16(11-15)28(32)33/h2-6,8-11,13,17,20H,7,12H2,1H3/t13-,17-,20-/m1/s1. The molecule has 8 nitrogen and oxygen atoms in total. The number of hydrogen-bond acceptors (Lipinski definition) is 5. The lowest BCUT2D eigenvalue weighted by atomic mass is 9.78. The number of hydrazine groups is 1. The van der Waals surface area contributed by atoms with E-state index in [0.29, 0.717) is 17.0 Å². The topological polar surface area (TPSA) is 101 Å². The highest BCUT2D eigenvalue weighted by molar-refractivity contribution is 6.42. The smallest absolute Gasteiger partial charge is 0.272 e. The fraction of sp³-hybridized carbons (Fsp3) is 0.261. The summed E-state index contributed by atoms with van der Waals surface area (Å²) in [7, 11) is 0. The largest absolute Gasteiger partial charge is 0.273 e. The number of allylic oxidation sites excluding steroid dienone is 2. The van der Waals surface area contributed by atoms with Crippen LogP contribution in [-0.4, -0.2) is 32.7 Å². The average molecular weight is 488 g/mol. The number of non-ortho nitro benzene ring substituents is 1. The van der Waals surface area contributed by atoms with Crippen molar-refractivity contribution in [1.29, 1.82) is 0 Å². The van der Waals surface area contributed by atoms with Gasteiger partial charge in [0.15, 0.2) is 0 Å². The first-order chi connectivity index (χ1) is 15.7. The van der Waals surface area contributed by atoms with Crippen LogP contribution in [0.15, 0.2) is 54.6 Å². The quantitative estimate of drug-likeness (QED) is 0.264. The van der Waals surface area contributed by atoms with E-state index in [1.807, 2.05) is 19.1 Å². The van der Waals surface area contributed by atoms with Crippen molar-refractivity contribution in [2.45, 2.75) is 19.9 Å². The van der Waals surface area contributed by atoms with Crippen LogP contribution in [0.5, 0.6) is 0 Å². The first-order valence-electron chi connectivity index (χ1n) is 10.2. The molecule has 2 aliphatic rings. The van der Waals surface area contributed by atoms with Crippen molar-refractivity contribution >= 4 is 46.6 Å². The Hall–Kier alpha value is -3.23. The number of halogens is 2. The van der Waals surface area contributed by atoms with Crippen molar-refractivity contribution in [2.75, 3.05) is 0 Å². The van der Waals surface area contributed by atoms with E-state index >= 15 is 0 Å². The Labute approximate surface area is 199 Å². The highest BCUT2D eigenvalue weighted by Gasteiger charge is 2.53. The van der Waals surface area contributed by atoms with Crippen LogP contribution in [0.1, 0.15) is 29.3 Å². The van der Waals surface area contributed by atoms with Gasteiger partial charge in [-0.2, -0.15) is 5.01 Å². The number of hydrogen-bond donors (Lipinski definition) is 0. The molecule has 33 heavy (non-hydrogen) atoms. The molecule has 0 spiro atoms. The van der Waals surface area contributed by atoms with E-state index in [-0.39, 0.29) is 28.7 Å². The molecular formula is C23H19Cl2N3O5. The summed E-state index contributed by atoms with van der Waals surface area (Å²) < 4.78 is 0. The normalized spacial score (nSPS) is 21.8. The SMILES string of the molecule is C[C@@H]1C=CC[C@H]2C(=O)N(N(Cc3ccc(Cl)c(Cl)c3)C(=O)c3cccc([N+](=O)[O-])c3)C(=O)[C@H]12. The summed E-state index contributed by atoms with van der Waals surface area (Å²) in [5.74, 6) is -2.96. The summed E-state index contributed by atoms with van der Waals surface area (Å²) in [4.78, 5) is 50.7. The van der Waals surface area contributed by atoms with E-state index in [4.69, 9.17) is 23.2 Å². The van der Waals surface area contributed by atoms with Crippen molar-refractivity contribution in [2.24, 2.45) is 17.8 Å². The van der Waals surface area contributed by atoms with Crippen molar-refractivity contribution in [3.05, 3.63) is 85.9 Å². The summed E-state index contributed by atoms with van der Waals surface area (Å²) in [6.07, 6.45) is 4.16. The first kappa shape index (κ1) is 22.9. The van der Waals surface area contributed by atoms with Crippen molar-refractivity contribution < 1.29 is 19.3 Å². The zero-order valence-electron chi connectivity index (χ0n) is 17.5. The van der Waals surface area contributed by atoms with Crippen LogP contribution in [0.4, 0.5) is 5.69 Å². The lowest BCUT2D eigenvalue weighted by Crippen LogP contribution is -2.50. The second-order valence-corrected chi connectivity index (χ2v) is 8.88. The lowest BCUT2D eigenvalue weighted by Gasteiger charge is -2.31. The predicted octanol–water partition coefficient (Wildman–Crippen LogP) is 4.66. The summed E-state index contributed by atoms with van der Waals surface area (Å²) in [6.45, 7) is 1.70. The molecule has 1 aliphatic heterocycles. The minimum absolute atomic E-state index is 0.0223. The van der Waals surface area contributed by atoms with E-state index in [0.717, 1.165) is 16.1 Å².